The van der Waals surface area contributed by atoms with E-state index in [1.54, 1.807) is 24.3 Å². The highest BCUT2D eigenvalue weighted by Crippen LogP contribution is 2.60. The molecular weight excluding hydrogens is 384 g/mol. The Morgan fingerprint density at radius 3 is 2.48 bits per heavy atom. The lowest BCUT2D eigenvalue weighted by Gasteiger charge is -2.28. The van der Waals surface area contributed by atoms with Crippen molar-refractivity contribution in [2.24, 2.45) is 17.8 Å². The largest absolute Gasteiger partial charge is 0.349 e. The molecule has 3 unspecified atom stereocenters. The summed E-state index contributed by atoms with van der Waals surface area (Å²) >= 11 is 5.92. The van der Waals surface area contributed by atoms with Crippen molar-refractivity contribution in [2.75, 3.05) is 0 Å². The lowest BCUT2D eigenvalue weighted by molar-refractivity contribution is 0.0688. The number of benzene rings is 2. The highest BCUT2D eigenvalue weighted by Gasteiger charge is 2.60. The molecule has 1 N–H and O–H groups in total. The molecule has 150 valence electrons. The first-order valence-corrected chi connectivity index (χ1v) is 10.9. The number of hydrogen-bond donors (Lipinski definition) is 1. The Hall–Kier alpha value is -2.33. The molecule has 3 atom stereocenters. The number of hydrogen-bond acceptors (Lipinski definition) is 2. The number of nitrogens with zero attached hydrogens (tertiary/aromatic N) is 1. The molecule has 5 rings (SSSR count). The number of nitrogens with one attached hydrogen (secondary N) is 1. The van der Waals surface area contributed by atoms with Gasteiger partial charge in [-0.15, -0.1) is 0 Å². The van der Waals surface area contributed by atoms with Crippen LogP contribution >= 0.6 is 11.6 Å². The van der Waals surface area contributed by atoms with Crippen molar-refractivity contribution in [1.82, 2.24) is 10.2 Å². The van der Waals surface area contributed by atoms with Crippen LogP contribution in [0.25, 0.3) is 0 Å². The Morgan fingerprint density at radius 2 is 1.83 bits per heavy atom. The molecule has 2 amide bonds. The maximum absolute atomic E-state index is 12.8. The van der Waals surface area contributed by atoms with Gasteiger partial charge in [0.1, 0.15) is 0 Å². The van der Waals surface area contributed by atoms with Crippen molar-refractivity contribution in [2.45, 2.75) is 44.8 Å². The maximum atomic E-state index is 12.8. The van der Waals surface area contributed by atoms with Gasteiger partial charge >= 0.3 is 0 Å². The molecule has 0 aromatic heterocycles. The first-order chi connectivity index (χ1) is 14.1. The first kappa shape index (κ1) is 18.7. The van der Waals surface area contributed by atoms with Gasteiger partial charge in [-0.05, 0) is 72.9 Å². The van der Waals surface area contributed by atoms with Crippen LogP contribution in [0.2, 0.25) is 5.02 Å². The van der Waals surface area contributed by atoms with E-state index >= 15 is 0 Å². The molecule has 3 aliphatic rings. The summed E-state index contributed by atoms with van der Waals surface area (Å²) in [5.74, 6) is 1.93. The highest BCUT2D eigenvalue weighted by atomic mass is 35.5. The minimum absolute atomic E-state index is 0.0276. The molecule has 5 heteroatoms. The van der Waals surface area contributed by atoms with Crippen LogP contribution in [0.15, 0.2) is 48.5 Å². The Kier molecular flexibility index (Phi) is 4.62. The van der Waals surface area contributed by atoms with Gasteiger partial charge in [-0.3, -0.25) is 9.59 Å². The summed E-state index contributed by atoms with van der Waals surface area (Å²) in [6.07, 6.45) is 3.04. The third-order valence-electron chi connectivity index (χ3n) is 7.10. The molecule has 2 fully saturated rings. The summed E-state index contributed by atoms with van der Waals surface area (Å²) in [7, 11) is 0. The van der Waals surface area contributed by atoms with E-state index in [0.29, 0.717) is 34.4 Å². The van der Waals surface area contributed by atoms with E-state index in [9.17, 15) is 9.59 Å². The van der Waals surface area contributed by atoms with Crippen LogP contribution in [0.4, 0.5) is 0 Å². The molecule has 1 aliphatic heterocycles. The smallest absolute Gasteiger partial charge is 0.254 e. The van der Waals surface area contributed by atoms with Crippen LogP contribution in [0, 0.1) is 17.8 Å². The zero-order chi connectivity index (χ0) is 20.1. The van der Waals surface area contributed by atoms with Gasteiger partial charge in [0.05, 0.1) is 0 Å². The fourth-order valence-corrected chi connectivity index (χ4v) is 5.74. The Morgan fingerprint density at radius 1 is 1.14 bits per heavy atom. The third-order valence-corrected chi connectivity index (χ3v) is 7.36. The molecule has 29 heavy (non-hydrogen) atoms. The van der Waals surface area contributed by atoms with E-state index in [1.165, 1.54) is 0 Å². The summed E-state index contributed by atoms with van der Waals surface area (Å²) in [5.41, 5.74) is 2.67. The summed E-state index contributed by atoms with van der Waals surface area (Å²) < 4.78 is 0. The SMILES string of the molecule is CCC(NC(=O)c1ccc(Cl)cc1)C1C2CC(N3Cc4ccccc4C3=O)CC21. The predicted molar refractivity (Wildman–Crippen MR) is 113 cm³/mol. The van der Waals surface area contributed by atoms with Gasteiger partial charge < -0.3 is 10.2 Å². The molecule has 2 aromatic carbocycles. The van der Waals surface area contributed by atoms with Crippen LogP contribution in [-0.2, 0) is 6.54 Å². The van der Waals surface area contributed by atoms with Crippen molar-refractivity contribution < 1.29 is 9.59 Å². The topological polar surface area (TPSA) is 49.4 Å². The number of carbonyl (C=O) groups excluding carboxylic acids is 2. The second-order valence-electron chi connectivity index (χ2n) is 8.62. The Bertz CT molecular complexity index is 946. The van der Waals surface area contributed by atoms with Crippen LogP contribution in [0.1, 0.15) is 52.5 Å². The van der Waals surface area contributed by atoms with E-state index in [0.717, 1.165) is 36.9 Å². The second-order valence-corrected chi connectivity index (χ2v) is 9.05. The van der Waals surface area contributed by atoms with Crippen molar-refractivity contribution in [3.63, 3.8) is 0 Å². The first-order valence-electron chi connectivity index (χ1n) is 10.5. The standard InChI is InChI=1S/C24H25ClN2O2/c1-2-21(26-23(28)14-7-9-16(25)10-8-14)22-19-11-17(12-20(19)22)27-13-15-5-3-4-6-18(15)24(27)29/h3-10,17,19-22H,2,11-13H2,1H3,(H,26,28). The van der Waals surface area contributed by atoms with E-state index in [-0.39, 0.29) is 17.9 Å². The molecule has 2 saturated carbocycles. The summed E-state index contributed by atoms with van der Waals surface area (Å²) in [4.78, 5) is 27.4. The Balaban J connectivity index is 1.20. The number of rotatable bonds is 5. The molecule has 2 aromatic rings. The Labute approximate surface area is 176 Å². The fourth-order valence-electron chi connectivity index (χ4n) is 5.61. The molecule has 0 saturated heterocycles. The van der Waals surface area contributed by atoms with Gasteiger partial charge in [-0.25, -0.2) is 0 Å². The van der Waals surface area contributed by atoms with Gasteiger partial charge in [0, 0.05) is 34.8 Å². The summed E-state index contributed by atoms with van der Waals surface area (Å²) in [6, 6.07) is 15.5. The fraction of sp³-hybridized carbons (Fsp3) is 0.417. The number of halogens is 1. The average Bonchev–Trinajstić information content (AvgIpc) is 3.07. The quantitative estimate of drug-likeness (QED) is 0.790. The van der Waals surface area contributed by atoms with E-state index in [2.05, 4.69) is 23.2 Å². The number of carbonyl (C=O) groups is 2. The van der Waals surface area contributed by atoms with Crippen molar-refractivity contribution >= 4 is 23.4 Å². The normalized spacial score (nSPS) is 28.1. The van der Waals surface area contributed by atoms with Crippen molar-refractivity contribution in [1.29, 1.82) is 0 Å². The maximum Gasteiger partial charge on any atom is 0.254 e. The predicted octanol–water partition coefficient (Wildman–Crippen LogP) is 4.53. The van der Waals surface area contributed by atoms with Gasteiger partial charge in [0.15, 0.2) is 0 Å². The molecule has 0 bridgehead atoms. The monoisotopic (exact) mass is 408 g/mol. The lowest BCUT2D eigenvalue weighted by Crippen LogP contribution is -2.39. The lowest BCUT2D eigenvalue weighted by atomic mass is 9.98. The molecular formula is C24H25ClN2O2. The highest BCUT2D eigenvalue weighted by molar-refractivity contribution is 6.30. The summed E-state index contributed by atoms with van der Waals surface area (Å²) in [5, 5.41) is 3.87. The van der Waals surface area contributed by atoms with Gasteiger partial charge in [0.2, 0.25) is 0 Å². The van der Waals surface area contributed by atoms with Crippen LogP contribution in [-0.4, -0.2) is 28.8 Å². The average molecular weight is 409 g/mol. The van der Waals surface area contributed by atoms with Crippen molar-refractivity contribution in [3.8, 4) is 0 Å². The molecule has 4 nitrogen and oxygen atoms in total. The van der Waals surface area contributed by atoms with E-state index in [4.69, 9.17) is 11.6 Å². The molecule has 0 spiro atoms. The van der Waals surface area contributed by atoms with Crippen molar-refractivity contribution in [3.05, 3.63) is 70.2 Å². The van der Waals surface area contributed by atoms with Crippen LogP contribution in [0.3, 0.4) is 0 Å². The zero-order valence-corrected chi connectivity index (χ0v) is 17.2. The zero-order valence-electron chi connectivity index (χ0n) is 16.5. The molecule has 0 radical (unpaired) electrons. The van der Waals surface area contributed by atoms with E-state index in [1.807, 2.05) is 18.2 Å². The minimum atomic E-state index is -0.0276. The van der Waals surface area contributed by atoms with Gasteiger partial charge in [-0.1, -0.05) is 36.7 Å². The van der Waals surface area contributed by atoms with E-state index < -0.39 is 0 Å². The third kappa shape index (κ3) is 3.24. The molecule has 1 heterocycles. The molecule has 2 aliphatic carbocycles. The summed E-state index contributed by atoms with van der Waals surface area (Å²) in [6.45, 7) is 2.88. The van der Waals surface area contributed by atoms with Gasteiger partial charge in [-0.2, -0.15) is 0 Å². The van der Waals surface area contributed by atoms with Crippen LogP contribution < -0.4 is 5.32 Å². The van der Waals surface area contributed by atoms with Crippen LogP contribution in [0.5, 0.6) is 0 Å². The minimum Gasteiger partial charge on any atom is -0.349 e. The number of amides is 2. The second kappa shape index (κ2) is 7.17. The van der Waals surface area contributed by atoms with Gasteiger partial charge in [0.25, 0.3) is 11.8 Å². The number of fused-ring (bicyclic) bond motifs is 2.